The molecule has 1 aliphatic carbocycles. The molecule has 258 valence electrons. The molecule has 5 aromatic carbocycles. The number of benzene rings is 5. The van der Waals surface area contributed by atoms with Gasteiger partial charge in [0.1, 0.15) is 0 Å². The van der Waals surface area contributed by atoms with Crippen molar-refractivity contribution in [3.63, 3.8) is 0 Å². The van der Waals surface area contributed by atoms with Gasteiger partial charge in [0.15, 0.2) is 5.78 Å². The molecule has 3 unspecified atom stereocenters. The average molecular weight is 697 g/mol. The zero-order valence-electron chi connectivity index (χ0n) is 30.5. The van der Waals surface area contributed by atoms with Crippen molar-refractivity contribution in [1.82, 2.24) is 0 Å². The average Bonchev–Trinajstić information content (AvgIpc) is 3.12. The highest BCUT2D eigenvalue weighted by atomic mass is 28.4. The minimum Gasteiger partial charge on any atom is -0.407 e. The number of hydrogen-bond donors (Lipinski definition) is 0. The van der Waals surface area contributed by atoms with Crippen molar-refractivity contribution in [2.75, 3.05) is 13.2 Å². The molecule has 0 amide bonds. The molecule has 5 aromatic rings. The van der Waals surface area contributed by atoms with Crippen LogP contribution in [0.25, 0.3) is 0 Å². The van der Waals surface area contributed by atoms with E-state index in [0.29, 0.717) is 13.2 Å². The van der Waals surface area contributed by atoms with Crippen molar-refractivity contribution in [3.8, 4) is 0 Å². The first-order valence-corrected chi connectivity index (χ1v) is 21.9. The molecular weight excluding hydrogens is 645 g/mol. The zero-order valence-corrected chi connectivity index (χ0v) is 32.5. The predicted molar refractivity (Wildman–Crippen MR) is 213 cm³/mol. The number of carbonyl (C=O) groups excluding carboxylic acids is 1. The molecule has 5 heteroatoms. The Bertz CT molecular complexity index is 1740. The van der Waals surface area contributed by atoms with Gasteiger partial charge in [-0.1, -0.05) is 193 Å². The van der Waals surface area contributed by atoms with E-state index in [-0.39, 0.29) is 33.6 Å². The predicted octanol–water partition coefficient (Wildman–Crippen LogP) is 8.27. The van der Waals surface area contributed by atoms with Gasteiger partial charge in [-0.15, -0.1) is 0 Å². The summed E-state index contributed by atoms with van der Waals surface area (Å²) in [5.41, 5.74) is 0.777. The second kappa shape index (κ2) is 14.8. The highest BCUT2D eigenvalue weighted by Crippen LogP contribution is 2.46. The van der Waals surface area contributed by atoms with Crippen LogP contribution in [0.4, 0.5) is 0 Å². The summed E-state index contributed by atoms with van der Waals surface area (Å²) in [6.07, 6.45) is 0.792. The van der Waals surface area contributed by atoms with Crippen molar-refractivity contribution in [2.45, 2.75) is 58.0 Å². The monoisotopic (exact) mass is 696 g/mol. The van der Waals surface area contributed by atoms with Gasteiger partial charge < -0.3 is 8.85 Å². The van der Waals surface area contributed by atoms with E-state index >= 15 is 0 Å². The van der Waals surface area contributed by atoms with Crippen molar-refractivity contribution in [1.29, 1.82) is 0 Å². The zero-order chi connectivity index (χ0) is 35.4. The molecule has 1 aliphatic rings. The summed E-state index contributed by atoms with van der Waals surface area (Å²) in [6.45, 7) is 15.0. The maximum Gasteiger partial charge on any atom is 0.261 e. The third-order valence-electron chi connectivity index (χ3n) is 10.9. The molecule has 0 heterocycles. The van der Waals surface area contributed by atoms with Gasteiger partial charge in [-0.25, -0.2) is 0 Å². The minimum absolute atomic E-state index is 0.0302. The van der Waals surface area contributed by atoms with Crippen molar-refractivity contribution < 1.29 is 13.6 Å². The van der Waals surface area contributed by atoms with Gasteiger partial charge in [0, 0.05) is 24.7 Å². The van der Waals surface area contributed by atoms with Gasteiger partial charge >= 0.3 is 0 Å². The fourth-order valence-corrected chi connectivity index (χ4v) is 17.6. The molecule has 0 saturated heterocycles. The number of Topliss-reactive ketones (excluding diaryl/α,β-unsaturated/α-hetero) is 1. The summed E-state index contributed by atoms with van der Waals surface area (Å²) >= 11 is 0. The Balaban J connectivity index is 1.38. The summed E-state index contributed by atoms with van der Waals surface area (Å²) in [7, 11) is -5.55. The van der Waals surface area contributed by atoms with Gasteiger partial charge in [-0.2, -0.15) is 0 Å². The number of ketones is 1. The van der Waals surface area contributed by atoms with Crippen LogP contribution in [0.1, 0.15) is 58.3 Å². The summed E-state index contributed by atoms with van der Waals surface area (Å²) in [4.78, 5) is 14.2. The van der Waals surface area contributed by atoms with E-state index in [4.69, 9.17) is 8.85 Å². The molecule has 50 heavy (non-hydrogen) atoms. The SMILES string of the molecule is CC(C)(C)[Si](OCC1CC(C(=O)c2ccccc2)C1CO[Si](c1ccccc1)(c1ccccc1)C(C)(C)C)(c1ccccc1)c1ccccc1. The van der Waals surface area contributed by atoms with Crippen LogP contribution in [0.3, 0.4) is 0 Å². The van der Waals surface area contributed by atoms with E-state index in [9.17, 15) is 4.79 Å². The maximum atomic E-state index is 14.2. The topological polar surface area (TPSA) is 35.5 Å². The standard InChI is InChI=1S/C45H52O3Si2/c1-44(2,3)49(37-24-14-8-15-25-37,38-26-16-9-17-27-38)47-33-36-32-41(43(46)35-22-12-7-13-23-35)42(36)34-48-50(45(4,5)6,39-28-18-10-19-29-39)40-30-20-11-21-31-40/h7-31,36,41-42H,32-34H2,1-6H3. The quantitative estimate of drug-likeness (QED) is 0.0974. The van der Waals surface area contributed by atoms with Gasteiger partial charge in [0.05, 0.1) is 0 Å². The van der Waals surface area contributed by atoms with Crippen molar-refractivity contribution >= 4 is 43.2 Å². The molecule has 0 radical (unpaired) electrons. The van der Waals surface area contributed by atoms with Gasteiger partial charge in [0.2, 0.25) is 0 Å². The Morgan fingerprint density at radius 2 is 0.840 bits per heavy atom. The lowest BCUT2D eigenvalue weighted by atomic mass is 9.63. The van der Waals surface area contributed by atoms with Crippen LogP contribution in [0, 0.1) is 17.8 Å². The summed E-state index contributed by atoms with van der Waals surface area (Å²) in [5, 5.41) is 4.78. The normalized spacial score (nSPS) is 18.3. The van der Waals surface area contributed by atoms with Crippen LogP contribution < -0.4 is 20.7 Å². The Morgan fingerprint density at radius 3 is 1.18 bits per heavy atom. The van der Waals surface area contributed by atoms with Crippen LogP contribution in [-0.4, -0.2) is 35.6 Å². The lowest BCUT2D eigenvalue weighted by Gasteiger charge is -2.50. The van der Waals surface area contributed by atoms with Gasteiger partial charge in [-0.05, 0) is 49.1 Å². The second-order valence-electron chi connectivity index (χ2n) is 15.9. The molecule has 1 fully saturated rings. The van der Waals surface area contributed by atoms with E-state index in [2.05, 4.69) is 163 Å². The van der Waals surface area contributed by atoms with E-state index in [1.807, 2.05) is 30.3 Å². The molecule has 3 nitrogen and oxygen atoms in total. The Hall–Kier alpha value is -3.88. The molecule has 3 atom stereocenters. The van der Waals surface area contributed by atoms with Crippen molar-refractivity contribution in [3.05, 3.63) is 157 Å². The largest absolute Gasteiger partial charge is 0.407 e. The van der Waals surface area contributed by atoms with Crippen molar-refractivity contribution in [2.24, 2.45) is 17.8 Å². The molecule has 0 N–H and O–H groups in total. The maximum absolute atomic E-state index is 14.2. The lowest BCUT2D eigenvalue weighted by molar-refractivity contribution is 0.00142. The summed E-state index contributed by atoms with van der Waals surface area (Å²) in [6, 6.07) is 53.1. The number of hydrogen-bond acceptors (Lipinski definition) is 3. The number of carbonyl (C=O) groups is 1. The molecular formula is C45H52O3Si2. The molecule has 0 aromatic heterocycles. The third kappa shape index (κ3) is 6.77. The fourth-order valence-electron chi connectivity index (χ4n) is 8.35. The highest BCUT2D eigenvalue weighted by Gasteiger charge is 2.55. The Labute approximate surface area is 302 Å². The van der Waals surface area contributed by atoms with E-state index in [1.165, 1.54) is 20.7 Å². The molecule has 0 aliphatic heterocycles. The first-order chi connectivity index (χ1) is 24.0. The van der Waals surface area contributed by atoms with Crippen LogP contribution in [0.15, 0.2) is 152 Å². The smallest absolute Gasteiger partial charge is 0.261 e. The Morgan fingerprint density at radius 1 is 0.520 bits per heavy atom. The van der Waals surface area contributed by atoms with Crippen LogP contribution in [-0.2, 0) is 8.85 Å². The highest BCUT2D eigenvalue weighted by molar-refractivity contribution is 7.00. The summed E-state index contributed by atoms with van der Waals surface area (Å²) < 4.78 is 15.0. The van der Waals surface area contributed by atoms with E-state index < -0.39 is 16.6 Å². The summed E-state index contributed by atoms with van der Waals surface area (Å²) in [5.74, 6) is 0.307. The minimum atomic E-state index is -2.81. The van der Waals surface area contributed by atoms with Crippen LogP contribution in [0.5, 0.6) is 0 Å². The second-order valence-corrected chi connectivity index (χ2v) is 24.6. The fraction of sp³-hybridized carbons (Fsp3) is 0.311. The van der Waals surface area contributed by atoms with Gasteiger partial charge in [0.25, 0.3) is 16.6 Å². The third-order valence-corrected chi connectivity index (χ3v) is 20.9. The first-order valence-electron chi connectivity index (χ1n) is 18.1. The Kier molecular flexibility index (Phi) is 10.6. The van der Waals surface area contributed by atoms with E-state index in [1.54, 1.807) is 0 Å². The molecule has 6 rings (SSSR count). The van der Waals surface area contributed by atoms with Crippen LogP contribution >= 0.6 is 0 Å². The van der Waals surface area contributed by atoms with E-state index in [0.717, 1.165) is 12.0 Å². The van der Waals surface area contributed by atoms with Gasteiger partial charge in [-0.3, -0.25) is 4.79 Å². The molecule has 1 saturated carbocycles. The molecule has 0 bridgehead atoms. The first kappa shape index (κ1) is 35.9. The number of rotatable bonds is 12. The lowest BCUT2D eigenvalue weighted by Crippen LogP contribution is -2.68. The molecule has 0 spiro atoms. The van der Waals surface area contributed by atoms with Crippen LogP contribution in [0.2, 0.25) is 10.1 Å².